The van der Waals surface area contributed by atoms with Crippen LogP contribution in [-0.4, -0.2) is 53.7 Å². The zero-order valence-corrected chi connectivity index (χ0v) is 18.5. The smallest absolute Gasteiger partial charge is 0.341 e. The number of hydrogen-bond acceptors (Lipinski definition) is 6. The van der Waals surface area contributed by atoms with E-state index < -0.39 is 0 Å². The number of nitrogens with zero attached hydrogens (tertiary/aromatic N) is 3. The van der Waals surface area contributed by atoms with E-state index in [9.17, 15) is 4.79 Å². The quantitative estimate of drug-likeness (QED) is 0.408. The van der Waals surface area contributed by atoms with E-state index in [1.807, 2.05) is 18.2 Å². The van der Waals surface area contributed by atoms with Gasteiger partial charge in [-0.3, -0.25) is 0 Å². The standard InChI is InChI=1S/C23H28ClN5O2/c1-2-31-22(30)18-14-27-23(28-15-18)29-9-6-16(7-10-29)12-25-8-5-17-13-26-21-4-3-19(24)11-20(17)21/h3-4,11,13-16,25-26H,2,5-10,12H2,1H3. The fourth-order valence-electron chi connectivity index (χ4n) is 4.03. The highest BCUT2D eigenvalue weighted by molar-refractivity contribution is 6.31. The van der Waals surface area contributed by atoms with Crippen LogP contribution in [0.2, 0.25) is 5.02 Å². The molecule has 1 fully saturated rings. The summed E-state index contributed by atoms with van der Waals surface area (Å²) in [5, 5.41) is 5.59. The Morgan fingerprint density at radius 2 is 2.06 bits per heavy atom. The molecule has 31 heavy (non-hydrogen) atoms. The van der Waals surface area contributed by atoms with E-state index >= 15 is 0 Å². The Hall–Kier alpha value is -2.64. The van der Waals surface area contributed by atoms with Gasteiger partial charge in [0.15, 0.2) is 0 Å². The van der Waals surface area contributed by atoms with Crippen LogP contribution in [0.4, 0.5) is 5.95 Å². The number of fused-ring (bicyclic) bond motifs is 1. The SMILES string of the molecule is CCOC(=O)c1cnc(N2CCC(CNCCc3c[nH]c4ccc(Cl)cc34)CC2)nc1. The monoisotopic (exact) mass is 441 g/mol. The number of ether oxygens (including phenoxy) is 1. The molecule has 7 nitrogen and oxygen atoms in total. The minimum absolute atomic E-state index is 0.346. The van der Waals surface area contributed by atoms with E-state index in [2.05, 4.69) is 31.4 Å². The van der Waals surface area contributed by atoms with Crippen molar-refractivity contribution in [3.05, 3.63) is 52.9 Å². The molecule has 0 spiro atoms. The minimum atomic E-state index is -0.380. The molecule has 3 heterocycles. The summed E-state index contributed by atoms with van der Waals surface area (Å²) < 4.78 is 4.98. The third-order valence-corrected chi connectivity index (χ3v) is 6.02. The van der Waals surface area contributed by atoms with Crippen molar-refractivity contribution in [3.8, 4) is 0 Å². The van der Waals surface area contributed by atoms with E-state index in [4.69, 9.17) is 16.3 Å². The number of nitrogens with one attached hydrogen (secondary N) is 2. The molecule has 0 aliphatic carbocycles. The normalized spacial score (nSPS) is 14.8. The number of piperidine rings is 1. The second-order valence-electron chi connectivity index (χ2n) is 7.88. The largest absolute Gasteiger partial charge is 0.462 e. The van der Waals surface area contributed by atoms with Crippen molar-refractivity contribution >= 4 is 34.4 Å². The highest BCUT2D eigenvalue weighted by Gasteiger charge is 2.21. The Kier molecular flexibility index (Phi) is 7.04. The summed E-state index contributed by atoms with van der Waals surface area (Å²) >= 11 is 6.14. The molecule has 0 radical (unpaired) electrons. The molecule has 2 aromatic heterocycles. The number of H-pyrrole nitrogens is 1. The van der Waals surface area contributed by atoms with Gasteiger partial charge in [0, 0.05) is 47.6 Å². The topological polar surface area (TPSA) is 83.1 Å². The highest BCUT2D eigenvalue weighted by atomic mass is 35.5. The summed E-state index contributed by atoms with van der Waals surface area (Å²) in [6.07, 6.45) is 8.34. The lowest BCUT2D eigenvalue weighted by molar-refractivity contribution is 0.0525. The molecule has 1 aliphatic heterocycles. The summed E-state index contributed by atoms with van der Waals surface area (Å²) in [5.41, 5.74) is 2.81. The zero-order valence-electron chi connectivity index (χ0n) is 17.7. The maximum atomic E-state index is 11.7. The molecular weight excluding hydrogens is 414 g/mol. The number of hydrogen-bond donors (Lipinski definition) is 2. The van der Waals surface area contributed by atoms with Crippen LogP contribution in [0.15, 0.2) is 36.8 Å². The Balaban J connectivity index is 1.20. The second kappa shape index (κ2) is 10.1. The van der Waals surface area contributed by atoms with E-state index in [1.165, 1.54) is 10.9 Å². The van der Waals surface area contributed by atoms with Crippen molar-refractivity contribution in [1.82, 2.24) is 20.3 Å². The lowest BCUT2D eigenvalue weighted by atomic mass is 9.97. The zero-order chi connectivity index (χ0) is 21.6. The molecule has 2 N–H and O–H groups in total. The number of aromatic nitrogens is 3. The predicted molar refractivity (Wildman–Crippen MR) is 123 cm³/mol. The van der Waals surface area contributed by atoms with Crippen molar-refractivity contribution in [2.45, 2.75) is 26.2 Å². The van der Waals surface area contributed by atoms with Gasteiger partial charge in [0.05, 0.1) is 12.2 Å². The Morgan fingerprint density at radius 1 is 1.29 bits per heavy atom. The molecule has 1 aliphatic rings. The summed E-state index contributed by atoms with van der Waals surface area (Å²) in [6.45, 7) is 5.93. The van der Waals surface area contributed by atoms with Gasteiger partial charge in [0.25, 0.3) is 0 Å². The molecule has 0 amide bonds. The van der Waals surface area contributed by atoms with Crippen LogP contribution in [-0.2, 0) is 11.2 Å². The molecule has 3 aromatic rings. The molecule has 0 atom stereocenters. The van der Waals surface area contributed by atoms with Crippen molar-refractivity contribution in [3.63, 3.8) is 0 Å². The van der Waals surface area contributed by atoms with Gasteiger partial charge in [-0.05, 0) is 69.0 Å². The van der Waals surface area contributed by atoms with Gasteiger partial charge in [-0.15, -0.1) is 0 Å². The van der Waals surface area contributed by atoms with E-state index in [1.54, 1.807) is 19.3 Å². The molecular formula is C23H28ClN5O2. The van der Waals surface area contributed by atoms with Crippen LogP contribution in [0.5, 0.6) is 0 Å². The van der Waals surface area contributed by atoms with Gasteiger partial charge >= 0.3 is 5.97 Å². The second-order valence-corrected chi connectivity index (χ2v) is 8.32. The first-order valence-corrected chi connectivity index (χ1v) is 11.2. The molecule has 4 rings (SSSR count). The molecule has 0 bridgehead atoms. The first kappa shape index (κ1) is 21.6. The molecule has 0 saturated carbocycles. The van der Waals surface area contributed by atoms with Crippen molar-refractivity contribution < 1.29 is 9.53 Å². The van der Waals surface area contributed by atoms with Crippen LogP contribution in [0, 0.1) is 5.92 Å². The number of benzene rings is 1. The molecule has 0 unspecified atom stereocenters. The van der Waals surface area contributed by atoms with Gasteiger partial charge < -0.3 is 19.9 Å². The summed E-state index contributed by atoms with van der Waals surface area (Å²) in [7, 11) is 0. The number of aromatic amines is 1. The number of carbonyl (C=O) groups is 1. The number of halogens is 1. The maximum Gasteiger partial charge on any atom is 0.341 e. The van der Waals surface area contributed by atoms with Gasteiger partial charge in [-0.1, -0.05) is 11.6 Å². The van der Waals surface area contributed by atoms with Crippen LogP contribution in [0.1, 0.15) is 35.7 Å². The summed E-state index contributed by atoms with van der Waals surface area (Å²) in [5.74, 6) is 0.944. The van der Waals surface area contributed by atoms with Crippen LogP contribution in [0.3, 0.4) is 0 Å². The van der Waals surface area contributed by atoms with Crippen LogP contribution in [0.25, 0.3) is 10.9 Å². The van der Waals surface area contributed by atoms with Crippen molar-refractivity contribution in [2.75, 3.05) is 37.7 Å². The van der Waals surface area contributed by atoms with Crippen molar-refractivity contribution in [1.29, 1.82) is 0 Å². The fourth-order valence-corrected chi connectivity index (χ4v) is 4.20. The highest BCUT2D eigenvalue weighted by Crippen LogP contribution is 2.23. The van der Waals surface area contributed by atoms with Crippen LogP contribution >= 0.6 is 11.6 Å². The van der Waals surface area contributed by atoms with Gasteiger partial charge in [0.2, 0.25) is 5.95 Å². The molecule has 8 heteroatoms. The molecule has 1 aromatic carbocycles. The predicted octanol–water partition coefficient (Wildman–Crippen LogP) is 3.84. The third kappa shape index (κ3) is 5.35. The van der Waals surface area contributed by atoms with Gasteiger partial charge in [-0.25, -0.2) is 14.8 Å². The van der Waals surface area contributed by atoms with Crippen LogP contribution < -0.4 is 10.2 Å². The molecule has 1 saturated heterocycles. The fraction of sp³-hybridized carbons (Fsp3) is 0.435. The van der Waals surface area contributed by atoms with E-state index in [0.717, 1.165) is 56.0 Å². The number of carbonyl (C=O) groups excluding carboxylic acids is 1. The third-order valence-electron chi connectivity index (χ3n) is 5.78. The number of esters is 1. The first-order chi connectivity index (χ1) is 15.1. The van der Waals surface area contributed by atoms with E-state index in [-0.39, 0.29) is 5.97 Å². The molecule has 164 valence electrons. The van der Waals surface area contributed by atoms with Crippen molar-refractivity contribution in [2.24, 2.45) is 5.92 Å². The maximum absolute atomic E-state index is 11.7. The van der Waals surface area contributed by atoms with E-state index in [0.29, 0.717) is 24.0 Å². The summed E-state index contributed by atoms with van der Waals surface area (Å²) in [4.78, 5) is 25.9. The minimum Gasteiger partial charge on any atom is -0.462 e. The first-order valence-electron chi connectivity index (χ1n) is 10.8. The van der Waals surface area contributed by atoms with Gasteiger partial charge in [0.1, 0.15) is 0 Å². The Bertz CT molecular complexity index is 1010. The average molecular weight is 442 g/mol. The number of rotatable bonds is 8. The summed E-state index contributed by atoms with van der Waals surface area (Å²) in [6, 6.07) is 5.96. The lowest BCUT2D eigenvalue weighted by Crippen LogP contribution is -2.38. The Labute approximate surface area is 187 Å². The Morgan fingerprint density at radius 3 is 2.81 bits per heavy atom. The average Bonchev–Trinajstić information content (AvgIpc) is 3.19. The van der Waals surface area contributed by atoms with Gasteiger partial charge in [-0.2, -0.15) is 0 Å². The lowest BCUT2D eigenvalue weighted by Gasteiger charge is -2.32. The number of anilines is 1.